The van der Waals surface area contributed by atoms with Gasteiger partial charge in [-0.2, -0.15) is 0 Å². The number of aryl methyl sites for hydroxylation is 3. The highest BCUT2D eigenvalue weighted by atomic mass is 19.4. The molecule has 1 nitrogen and oxygen atoms in total. The second kappa shape index (κ2) is 8.96. The molecule has 3 aromatic rings. The summed E-state index contributed by atoms with van der Waals surface area (Å²) >= 11 is 0. The number of hydrogen-bond donors (Lipinski definition) is 0. The van der Waals surface area contributed by atoms with Crippen molar-refractivity contribution in [2.45, 2.75) is 41.0 Å². The standard InChI is InChI=1S/C22H19F3O.C2H6/c1-14-4-5-19(12-15(14)2)21-11-8-18(13-16(21)3)17-6-9-20(10-7-17)26-22(23,24)25;1-2/h4-13H,1-3H3;1-2H3. The van der Waals surface area contributed by atoms with Gasteiger partial charge in [0.05, 0.1) is 0 Å². The van der Waals surface area contributed by atoms with Crippen LogP contribution in [0.5, 0.6) is 5.75 Å². The van der Waals surface area contributed by atoms with Crippen LogP contribution < -0.4 is 4.74 Å². The van der Waals surface area contributed by atoms with Gasteiger partial charge in [-0.25, -0.2) is 0 Å². The average Bonchev–Trinajstić information content (AvgIpc) is 2.65. The van der Waals surface area contributed by atoms with E-state index in [4.69, 9.17) is 0 Å². The van der Waals surface area contributed by atoms with Crippen molar-refractivity contribution >= 4 is 0 Å². The molecule has 0 aromatic heterocycles. The van der Waals surface area contributed by atoms with Gasteiger partial charge in [0.1, 0.15) is 5.75 Å². The Balaban J connectivity index is 0.00000136. The minimum atomic E-state index is -4.67. The molecule has 148 valence electrons. The summed E-state index contributed by atoms with van der Waals surface area (Å²) in [6.07, 6.45) is -4.67. The first-order valence-corrected chi connectivity index (χ1v) is 9.27. The van der Waals surface area contributed by atoms with Crippen molar-refractivity contribution < 1.29 is 17.9 Å². The molecule has 0 heterocycles. The van der Waals surface area contributed by atoms with Gasteiger partial charge in [-0.3, -0.25) is 0 Å². The van der Waals surface area contributed by atoms with Crippen molar-refractivity contribution in [1.29, 1.82) is 0 Å². The molecule has 0 N–H and O–H groups in total. The van der Waals surface area contributed by atoms with E-state index >= 15 is 0 Å². The molecule has 0 unspecified atom stereocenters. The first kappa shape index (κ1) is 21.5. The Hall–Kier alpha value is -2.75. The van der Waals surface area contributed by atoms with Crippen LogP contribution in [0.1, 0.15) is 30.5 Å². The molecule has 0 aliphatic rings. The van der Waals surface area contributed by atoms with Crippen LogP contribution in [0.3, 0.4) is 0 Å². The highest BCUT2D eigenvalue weighted by Gasteiger charge is 2.30. The summed E-state index contributed by atoms with van der Waals surface area (Å²) in [6, 6.07) is 18.4. The van der Waals surface area contributed by atoms with Crippen LogP contribution in [0.4, 0.5) is 13.2 Å². The van der Waals surface area contributed by atoms with E-state index in [-0.39, 0.29) is 5.75 Å². The lowest BCUT2D eigenvalue weighted by molar-refractivity contribution is -0.274. The third kappa shape index (κ3) is 5.38. The maximum Gasteiger partial charge on any atom is 0.573 e. The van der Waals surface area contributed by atoms with Crippen molar-refractivity contribution in [3.8, 4) is 28.0 Å². The summed E-state index contributed by atoms with van der Waals surface area (Å²) in [6.45, 7) is 10.2. The van der Waals surface area contributed by atoms with Gasteiger partial charge in [0.25, 0.3) is 0 Å². The third-order valence-corrected chi connectivity index (χ3v) is 4.47. The molecule has 4 heteroatoms. The molecule has 3 rings (SSSR count). The molecule has 0 saturated carbocycles. The SMILES string of the molecule is CC.Cc1ccc(-c2ccc(-c3ccc(OC(F)(F)F)cc3)cc2C)cc1C. The Labute approximate surface area is 164 Å². The first-order chi connectivity index (χ1) is 13.2. The summed E-state index contributed by atoms with van der Waals surface area (Å²) < 4.78 is 40.7. The van der Waals surface area contributed by atoms with Gasteiger partial charge in [-0.15, -0.1) is 13.2 Å². The number of ether oxygens (including phenoxy) is 1. The fourth-order valence-electron chi connectivity index (χ4n) is 2.93. The van der Waals surface area contributed by atoms with Crippen LogP contribution in [-0.4, -0.2) is 6.36 Å². The predicted molar refractivity (Wildman–Crippen MR) is 110 cm³/mol. The Bertz CT molecular complexity index is 926. The zero-order chi connectivity index (χ0) is 20.9. The van der Waals surface area contributed by atoms with Gasteiger partial charge < -0.3 is 4.74 Å². The van der Waals surface area contributed by atoms with Crippen molar-refractivity contribution in [3.63, 3.8) is 0 Å². The molecular weight excluding hydrogens is 361 g/mol. The summed E-state index contributed by atoms with van der Waals surface area (Å²) in [5.41, 5.74) is 7.71. The fraction of sp³-hybridized carbons (Fsp3) is 0.250. The van der Waals surface area contributed by atoms with Crippen LogP contribution in [0.25, 0.3) is 22.3 Å². The fourth-order valence-corrected chi connectivity index (χ4v) is 2.93. The van der Waals surface area contributed by atoms with Crippen LogP contribution in [0.2, 0.25) is 0 Å². The number of halogens is 3. The van der Waals surface area contributed by atoms with E-state index < -0.39 is 6.36 Å². The van der Waals surface area contributed by atoms with Crippen molar-refractivity contribution in [3.05, 3.63) is 77.4 Å². The molecule has 0 fully saturated rings. The summed E-state index contributed by atoms with van der Waals surface area (Å²) in [4.78, 5) is 0. The second-order valence-electron chi connectivity index (χ2n) is 6.40. The molecule has 28 heavy (non-hydrogen) atoms. The maximum absolute atomic E-state index is 12.3. The van der Waals surface area contributed by atoms with Gasteiger partial charge in [0.2, 0.25) is 0 Å². The zero-order valence-corrected chi connectivity index (χ0v) is 16.8. The Morgan fingerprint density at radius 3 is 1.68 bits per heavy atom. The predicted octanol–water partition coefficient (Wildman–Crippen LogP) is 7.87. The number of hydrogen-bond acceptors (Lipinski definition) is 1. The maximum atomic E-state index is 12.3. The van der Waals surface area contributed by atoms with Crippen LogP contribution in [0, 0.1) is 20.8 Å². The Morgan fingerprint density at radius 2 is 1.14 bits per heavy atom. The minimum absolute atomic E-state index is 0.218. The van der Waals surface area contributed by atoms with Crippen molar-refractivity contribution in [1.82, 2.24) is 0 Å². The molecule has 0 radical (unpaired) electrons. The van der Waals surface area contributed by atoms with Gasteiger partial charge in [-0.1, -0.05) is 62.4 Å². The lowest BCUT2D eigenvalue weighted by Crippen LogP contribution is -2.16. The third-order valence-electron chi connectivity index (χ3n) is 4.47. The topological polar surface area (TPSA) is 9.23 Å². The van der Waals surface area contributed by atoms with Crippen LogP contribution in [0.15, 0.2) is 60.7 Å². The number of alkyl halides is 3. The number of benzene rings is 3. The first-order valence-electron chi connectivity index (χ1n) is 9.27. The molecule has 0 amide bonds. The largest absolute Gasteiger partial charge is 0.573 e. The highest BCUT2D eigenvalue weighted by Crippen LogP contribution is 2.31. The Morgan fingerprint density at radius 1 is 0.607 bits per heavy atom. The minimum Gasteiger partial charge on any atom is -0.406 e. The van der Waals surface area contributed by atoms with E-state index in [1.807, 2.05) is 32.9 Å². The van der Waals surface area contributed by atoms with Gasteiger partial charge in [-0.05, 0) is 71.8 Å². The second-order valence-corrected chi connectivity index (χ2v) is 6.40. The van der Waals surface area contributed by atoms with Crippen LogP contribution >= 0.6 is 0 Å². The van der Waals surface area contributed by atoms with E-state index in [0.29, 0.717) is 0 Å². The van der Waals surface area contributed by atoms with E-state index in [0.717, 1.165) is 27.8 Å². The quantitative estimate of drug-likeness (QED) is 0.445. The summed E-state index contributed by atoms with van der Waals surface area (Å²) in [5, 5.41) is 0. The van der Waals surface area contributed by atoms with Crippen molar-refractivity contribution in [2.24, 2.45) is 0 Å². The van der Waals surface area contributed by atoms with Gasteiger partial charge >= 0.3 is 6.36 Å². The molecule has 0 aliphatic heterocycles. The molecular formula is C24H25F3O. The molecule has 0 bridgehead atoms. The number of rotatable bonds is 3. The zero-order valence-electron chi connectivity index (χ0n) is 16.8. The Kier molecular flexibility index (Phi) is 6.90. The average molecular weight is 386 g/mol. The highest BCUT2D eigenvalue weighted by molar-refractivity contribution is 5.74. The van der Waals surface area contributed by atoms with E-state index in [1.165, 1.54) is 23.3 Å². The molecule has 0 saturated heterocycles. The van der Waals surface area contributed by atoms with Gasteiger partial charge in [0, 0.05) is 0 Å². The summed E-state index contributed by atoms with van der Waals surface area (Å²) in [5.74, 6) is -0.218. The summed E-state index contributed by atoms with van der Waals surface area (Å²) in [7, 11) is 0. The molecule has 0 spiro atoms. The smallest absolute Gasteiger partial charge is 0.406 e. The molecule has 0 atom stereocenters. The van der Waals surface area contributed by atoms with E-state index in [9.17, 15) is 13.2 Å². The van der Waals surface area contributed by atoms with Gasteiger partial charge in [0.15, 0.2) is 0 Å². The van der Waals surface area contributed by atoms with Crippen LogP contribution in [-0.2, 0) is 0 Å². The monoisotopic (exact) mass is 386 g/mol. The lowest BCUT2D eigenvalue weighted by Gasteiger charge is -2.12. The van der Waals surface area contributed by atoms with E-state index in [1.54, 1.807) is 12.1 Å². The molecule has 3 aromatic carbocycles. The lowest BCUT2D eigenvalue weighted by atomic mass is 9.94. The molecule has 0 aliphatic carbocycles. The van der Waals surface area contributed by atoms with E-state index in [2.05, 4.69) is 42.8 Å². The normalized spacial score (nSPS) is 10.9. The van der Waals surface area contributed by atoms with Crippen molar-refractivity contribution in [2.75, 3.05) is 0 Å².